The van der Waals surface area contributed by atoms with Gasteiger partial charge in [-0.2, -0.15) is 0 Å². The first kappa shape index (κ1) is 23.5. The van der Waals surface area contributed by atoms with E-state index in [1.165, 1.54) is 16.7 Å². The summed E-state index contributed by atoms with van der Waals surface area (Å²) in [5.41, 5.74) is 8.34. The summed E-state index contributed by atoms with van der Waals surface area (Å²) in [7, 11) is 0. The molecule has 1 N–H and O–H groups in total. The van der Waals surface area contributed by atoms with E-state index in [4.69, 9.17) is 4.74 Å². The molecule has 4 rings (SSSR count). The number of fused-ring (bicyclic) bond motifs is 1. The van der Waals surface area contributed by atoms with Crippen molar-refractivity contribution in [1.82, 2.24) is 0 Å². The molecule has 4 aromatic rings. The van der Waals surface area contributed by atoms with Crippen molar-refractivity contribution < 1.29 is 14.6 Å². The van der Waals surface area contributed by atoms with E-state index in [1.807, 2.05) is 24.3 Å². The fourth-order valence-corrected chi connectivity index (χ4v) is 4.26. The van der Waals surface area contributed by atoms with Gasteiger partial charge >= 0.3 is 5.97 Å². The molecule has 0 aromatic heterocycles. The van der Waals surface area contributed by atoms with Crippen LogP contribution >= 0.6 is 0 Å². The third-order valence-electron chi connectivity index (χ3n) is 6.17. The third kappa shape index (κ3) is 5.11. The maximum atomic E-state index is 11.9. The van der Waals surface area contributed by atoms with Crippen LogP contribution in [0.2, 0.25) is 0 Å². The molecule has 0 aliphatic heterocycles. The lowest BCUT2D eigenvalue weighted by Crippen LogP contribution is -2.08. The van der Waals surface area contributed by atoms with Gasteiger partial charge in [-0.3, -0.25) is 0 Å². The quantitative estimate of drug-likeness (QED) is 0.235. The summed E-state index contributed by atoms with van der Waals surface area (Å²) in [6, 6.07) is 27.5. The number of carbonyl (C=O) groups excluding carboxylic acids is 1. The summed E-state index contributed by atoms with van der Waals surface area (Å²) >= 11 is 0. The van der Waals surface area contributed by atoms with Crippen molar-refractivity contribution in [1.29, 1.82) is 0 Å². The van der Waals surface area contributed by atoms with E-state index in [9.17, 15) is 9.90 Å². The van der Waals surface area contributed by atoms with E-state index in [0.717, 1.165) is 39.4 Å². The summed E-state index contributed by atoms with van der Waals surface area (Å²) < 4.78 is 5.40. The van der Waals surface area contributed by atoms with Crippen molar-refractivity contribution in [3.63, 3.8) is 0 Å². The van der Waals surface area contributed by atoms with Gasteiger partial charge in [0.2, 0.25) is 0 Å². The second-order valence-corrected chi connectivity index (χ2v) is 8.60. The van der Waals surface area contributed by atoms with Gasteiger partial charge in [0, 0.05) is 12.0 Å². The Morgan fingerprint density at radius 2 is 1.59 bits per heavy atom. The Balaban J connectivity index is 1.77. The lowest BCUT2D eigenvalue weighted by molar-refractivity contribution is -0.138. The van der Waals surface area contributed by atoms with E-state index in [1.54, 1.807) is 6.92 Å². The maximum absolute atomic E-state index is 11.9. The summed E-state index contributed by atoms with van der Waals surface area (Å²) in [6.07, 6.45) is 1.58. The molecule has 0 saturated heterocycles. The van der Waals surface area contributed by atoms with Crippen molar-refractivity contribution >= 4 is 16.7 Å². The van der Waals surface area contributed by atoms with E-state index in [0.29, 0.717) is 12.0 Å². The SMILES string of the molecule is C=C(C)C(=O)OCCc1cc2cc(-c3ccccc3CC)ccc2cc1-c1ccc(CO)cc1. The second-order valence-electron chi connectivity index (χ2n) is 8.60. The lowest BCUT2D eigenvalue weighted by atomic mass is 9.91. The summed E-state index contributed by atoms with van der Waals surface area (Å²) in [4.78, 5) is 11.9. The van der Waals surface area contributed by atoms with Crippen molar-refractivity contribution in [2.75, 3.05) is 6.61 Å². The minimum absolute atomic E-state index is 0.0176. The number of hydrogen-bond donors (Lipinski definition) is 1. The van der Waals surface area contributed by atoms with Crippen LogP contribution in [0.1, 0.15) is 30.5 Å². The average Bonchev–Trinajstić information content (AvgIpc) is 2.87. The van der Waals surface area contributed by atoms with Crippen LogP contribution in [0.15, 0.2) is 91.0 Å². The number of aryl methyl sites for hydroxylation is 1. The normalized spacial score (nSPS) is 10.9. The smallest absolute Gasteiger partial charge is 0.333 e. The number of benzene rings is 4. The number of carbonyl (C=O) groups is 1. The van der Waals surface area contributed by atoms with E-state index in [2.05, 4.69) is 68.1 Å². The predicted octanol–water partition coefficient (Wildman–Crippen LogP) is 6.89. The molecule has 172 valence electrons. The van der Waals surface area contributed by atoms with Crippen LogP contribution in [0.25, 0.3) is 33.0 Å². The first-order valence-electron chi connectivity index (χ1n) is 11.7. The van der Waals surface area contributed by atoms with Crippen LogP contribution in [0.3, 0.4) is 0 Å². The molecule has 0 aliphatic carbocycles. The second kappa shape index (κ2) is 10.5. The Labute approximate surface area is 201 Å². The fourth-order valence-electron chi connectivity index (χ4n) is 4.26. The Morgan fingerprint density at radius 1 is 0.853 bits per heavy atom. The van der Waals surface area contributed by atoms with E-state index < -0.39 is 0 Å². The summed E-state index contributed by atoms with van der Waals surface area (Å²) in [6.45, 7) is 7.80. The third-order valence-corrected chi connectivity index (χ3v) is 6.17. The zero-order valence-corrected chi connectivity index (χ0v) is 19.8. The van der Waals surface area contributed by atoms with Gasteiger partial charge in [0.1, 0.15) is 0 Å². The maximum Gasteiger partial charge on any atom is 0.333 e. The highest BCUT2D eigenvalue weighted by Gasteiger charge is 2.12. The van der Waals surface area contributed by atoms with Gasteiger partial charge < -0.3 is 9.84 Å². The molecule has 0 atom stereocenters. The molecular formula is C31H30O3. The van der Waals surface area contributed by atoms with Crippen LogP contribution in [0.4, 0.5) is 0 Å². The summed E-state index contributed by atoms with van der Waals surface area (Å²) in [5, 5.41) is 11.7. The largest absolute Gasteiger partial charge is 0.462 e. The Morgan fingerprint density at radius 3 is 2.29 bits per heavy atom. The number of aliphatic hydroxyl groups excluding tert-OH is 1. The van der Waals surface area contributed by atoms with Crippen LogP contribution < -0.4 is 0 Å². The van der Waals surface area contributed by atoms with Crippen molar-refractivity contribution in [2.24, 2.45) is 0 Å². The molecule has 34 heavy (non-hydrogen) atoms. The highest BCUT2D eigenvalue weighted by atomic mass is 16.5. The minimum Gasteiger partial charge on any atom is -0.462 e. The molecule has 0 heterocycles. The topological polar surface area (TPSA) is 46.5 Å². The van der Waals surface area contributed by atoms with Crippen molar-refractivity contribution in [3.8, 4) is 22.3 Å². The lowest BCUT2D eigenvalue weighted by Gasteiger charge is -2.15. The van der Waals surface area contributed by atoms with Gasteiger partial charge in [0.05, 0.1) is 13.2 Å². The van der Waals surface area contributed by atoms with Gasteiger partial charge in [0.15, 0.2) is 0 Å². The zero-order valence-electron chi connectivity index (χ0n) is 19.8. The molecule has 0 amide bonds. The molecule has 0 fully saturated rings. The van der Waals surface area contributed by atoms with Crippen LogP contribution in [-0.2, 0) is 29.0 Å². The monoisotopic (exact) mass is 450 g/mol. The summed E-state index contributed by atoms with van der Waals surface area (Å²) in [5.74, 6) is -0.368. The number of ether oxygens (including phenoxy) is 1. The van der Waals surface area contributed by atoms with Crippen molar-refractivity contribution in [2.45, 2.75) is 33.3 Å². The molecule has 0 bridgehead atoms. The average molecular weight is 451 g/mol. The first-order valence-corrected chi connectivity index (χ1v) is 11.7. The van der Waals surface area contributed by atoms with Gasteiger partial charge in [-0.05, 0) is 75.2 Å². The number of rotatable bonds is 8. The number of esters is 1. The van der Waals surface area contributed by atoms with Gasteiger partial charge in [0.25, 0.3) is 0 Å². The van der Waals surface area contributed by atoms with Gasteiger partial charge in [-0.25, -0.2) is 4.79 Å². The highest BCUT2D eigenvalue weighted by molar-refractivity contribution is 5.92. The molecular weight excluding hydrogens is 420 g/mol. The molecule has 0 radical (unpaired) electrons. The van der Waals surface area contributed by atoms with Crippen LogP contribution in [0, 0.1) is 0 Å². The van der Waals surface area contributed by atoms with Crippen molar-refractivity contribution in [3.05, 3.63) is 108 Å². The minimum atomic E-state index is -0.368. The highest BCUT2D eigenvalue weighted by Crippen LogP contribution is 2.33. The van der Waals surface area contributed by atoms with Gasteiger partial charge in [-0.1, -0.05) is 80.2 Å². The first-order chi connectivity index (χ1) is 16.5. The van der Waals surface area contributed by atoms with E-state index in [-0.39, 0.29) is 19.2 Å². The van der Waals surface area contributed by atoms with Gasteiger partial charge in [-0.15, -0.1) is 0 Å². The molecule has 3 heteroatoms. The number of aliphatic hydroxyl groups is 1. The van der Waals surface area contributed by atoms with Crippen LogP contribution in [0.5, 0.6) is 0 Å². The molecule has 3 nitrogen and oxygen atoms in total. The Hall–Kier alpha value is -3.69. The fraction of sp³-hybridized carbons (Fsp3) is 0.194. The molecule has 4 aromatic carbocycles. The molecule has 0 spiro atoms. The Kier molecular flexibility index (Phi) is 7.24. The zero-order chi connectivity index (χ0) is 24.1. The predicted molar refractivity (Wildman–Crippen MR) is 140 cm³/mol. The molecule has 0 aliphatic rings. The standard InChI is InChI=1S/C31H30O3/c1-4-23-7-5-6-8-29(23)26-14-13-25-19-30(24-11-9-22(20-32)10-12-24)27(18-28(25)17-26)15-16-34-31(33)21(2)3/h5-14,17-19,32H,2,4,15-16,20H2,1,3H3. The molecule has 0 unspecified atom stereocenters. The molecule has 0 saturated carbocycles. The number of hydrogen-bond acceptors (Lipinski definition) is 3. The van der Waals surface area contributed by atoms with Crippen LogP contribution in [-0.4, -0.2) is 17.7 Å². The Bertz CT molecular complexity index is 1330. The van der Waals surface area contributed by atoms with E-state index >= 15 is 0 Å².